The Morgan fingerprint density at radius 1 is 1.28 bits per heavy atom. The van der Waals surface area contributed by atoms with Gasteiger partial charge in [-0.1, -0.05) is 29.8 Å². The fourth-order valence-corrected chi connectivity index (χ4v) is 7.20. The van der Waals surface area contributed by atoms with Crippen LogP contribution in [0, 0.1) is 0 Å². The number of benzene rings is 2. The van der Waals surface area contributed by atoms with E-state index in [0.29, 0.717) is 23.8 Å². The SMILES string of the molecule is CC1(CC(=O)N/N=C\c2cc(Br)c(OCc3ccccc3Cl)c(Br)c2)SCCS1. The van der Waals surface area contributed by atoms with Crippen LogP contribution < -0.4 is 10.2 Å². The Morgan fingerprint density at radius 2 is 1.93 bits per heavy atom. The number of ether oxygens (including phenoxy) is 1. The number of nitrogens with zero attached hydrogens (tertiary/aromatic N) is 1. The number of hydrogen-bond acceptors (Lipinski definition) is 5. The van der Waals surface area contributed by atoms with E-state index in [4.69, 9.17) is 16.3 Å². The van der Waals surface area contributed by atoms with E-state index >= 15 is 0 Å². The number of carbonyl (C=O) groups excluding carboxylic acids is 1. The fourth-order valence-electron chi connectivity index (χ4n) is 2.73. The molecular weight excluding hydrogens is 560 g/mol. The molecule has 0 bridgehead atoms. The summed E-state index contributed by atoms with van der Waals surface area (Å²) in [4.78, 5) is 12.1. The zero-order valence-corrected chi connectivity index (χ0v) is 21.1. The summed E-state index contributed by atoms with van der Waals surface area (Å²) >= 11 is 16.9. The summed E-state index contributed by atoms with van der Waals surface area (Å²) < 4.78 is 7.42. The van der Waals surface area contributed by atoms with Gasteiger partial charge >= 0.3 is 0 Å². The van der Waals surface area contributed by atoms with Crippen molar-refractivity contribution >= 4 is 79.1 Å². The average Bonchev–Trinajstić information content (AvgIpc) is 3.08. The third-order valence-corrected chi connectivity index (χ3v) is 8.97. The summed E-state index contributed by atoms with van der Waals surface area (Å²) in [5.41, 5.74) is 4.35. The summed E-state index contributed by atoms with van der Waals surface area (Å²) in [5.74, 6) is 2.77. The molecule has 1 N–H and O–H groups in total. The van der Waals surface area contributed by atoms with Gasteiger partial charge in [-0.2, -0.15) is 5.10 Å². The van der Waals surface area contributed by atoms with Gasteiger partial charge in [-0.15, -0.1) is 23.5 Å². The highest BCUT2D eigenvalue weighted by atomic mass is 79.9. The molecule has 1 saturated heterocycles. The molecule has 1 heterocycles. The van der Waals surface area contributed by atoms with Gasteiger partial charge in [0.2, 0.25) is 5.91 Å². The first-order valence-electron chi connectivity index (χ1n) is 8.81. The number of thioether (sulfide) groups is 2. The van der Waals surface area contributed by atoms with Crippen molar-refractivity contribution in [1.82, 2.24) is 5.43 Å². The van der Waals surface area contributed by atoms with Gasteiger partial charge in [-0.25, -0.2) is 5.43 Å². The van der Waals surface area contributed by atoms with E-state index < -0.39 is 0 Å². The van der Waals surface area contributed by atoms with Crippen LogP contribution in [0.2, 0.25) is 5.02 Å². The number of nitrogens with one attached hydrogen (secondary N) is 1. The monoisotopic (exact) mass is 576 g/mol. The van der Waals surface area contributed by atoms with Crippen LogP contribution in [0.4, 0.5) is 0 Å². The lowest BCUT2D eigenvalue weighted by molar-refractivity contribution is -0.121. The summed E-state index contributed by atoms with van der Waals surface area (Å²) in [6, 6.07) is 11.3. The van der Waals surface area contributed by atoms with E-state index in [1.54, 1.807) is 6.21 Å². The molecule has 0 aliphatic carbocycles. The van der Waals surface area contributed by atoms with Crippen molar-refractivity contribution in [2.24, 2.45) is 5.10 Å². The summed E-state index contributed by atoms with van der Waals surface area (Å²) in [6.45, 7) is 2.46. The number of rotatable bonds is 7. The maximum Gasteiger partial charge on any atom is 0.242 e. The normalized spacial score (nSPS) is 15.6. The smallest absolute Gasteiger partial charge is 0.242 e. The van der Waals surface area contributed by atoms with Gasteiger partial charge in [0.25, 0.3) is 0 Å². The van der Waals surface area contributed by atoms with Gasteiger partial charge in [-0.3, -0.25) is 4.79 Å². The molecule has 29 heavy (non-hydrogen) atoms. The largest absolute Gasteiger partial charge is 0.486 e. The Balaban J connectivity index is 1.59. The zero-order chi connectivity index (χ0) is 20.9. The molecule has 0 spiro atoms. The Hall–Kier alpha value is -0.670. The first-order valence-corrected chi connectivity index (χ1v) is 12.7. The second kappa shape index (κ2) is 10.6. The van der Waals surface area contributed by atoms with Crippen LogP contribution in [0.25, 0.3) is 0 Å². The Kier molecular flexibility index (Phi) is 8.39. The van der Waals surface area contributed by atoms with Gasteiger partial charge in [0.05, 0.1) is 25.7 Å². The molecule has 3 rings (SSSR count). The topological polar surface area (TPSA) is 50.7 Å². The van der Waals surface area contributed by atoms with Gasteiger partial charge in [0.1, 0.15) is 12.4 Å². The van der Waals surface area contributed by atoms with Crippen LogP contribution in [-0.4, -0.2) is 27.7 Å². The molecule has 154 valence electrons. The van der Waals surface area contributed by atoms with Gasteiger partial charge in [0.15, 0.2) is 0 Å². The minimum absolute atomic E-state index is 0.0493. The van der Waals surface area contributed by atoms with E-state index in [-0.39, 0.29) is 9.99 Å². The number of halogens is 3. The van der Waals surface area contributed by atoms with Crippen molar-refractivity contribution in [3.63, 3.8) is 0 Å². The maximum atomic E-state index is 12.1. The van der Waals surface area contributed by atoms with E-state index in [1.165, 1.54) is 0 Å². The highest BCUT2D eigenvalue weighted by molar-refractivity contribution is 9.11. The van der Waals surface area contributed by atoms with Crippen molar-refractivity contribution in [2.45, 2.75) is 24.0 Å². The van der Waals surface area contributed by atoms with Gasteiger partial charge < -0.3 is 4.74 Å². The van der Waals surface area contributed by atoms with E-state index in [2.05, 4.69) is 49.3 Å². The average molecular weight is 579 g/mol. The van der Waals surface area contributed by atoms with E-state index in [0.717, 1.165) is 31.6 Å². The van der Waals surface area contributed by atoms with Crippen molar-refractivity contribution in [1.29, 1.82) is 0 Å². The molecule has 2 aromatic rings. The lowest BCUT2D eigenvalue weighted by Crippen LogP contribution is -2.26. The van der Waals surface area contributed by atoms with Crippen molar-refractivity contribution < 1.29 is 9.53 Å². The minimum atomic E-state index is -0.0801. The van der Waals surface area contributed by atoms with Crippen LogP contribution >= 0.6 is 67.0 Å². The standard InChI is InChI=1S/C20H19Br2ClN2O2S2/c1-20(28-6-7-29-20)10-18(26)25-24-11-13-8-15(21)19(16(22)9-13)27-12-14-4-2-3-5-17(14)23/h2-5,8-9,11H,6-7,10,12H2,1H3,(H,25,26)/b24-11-. The van der Waals surface area contributed by atoms with Crippen molar-refractivity contribution in [3.8, 4) is 5.75 Å². The van der Waals surface area contributed by atoms with E-state index in [1.807, 2.05) is 59.9 Å². The molecule has 0 radical (unpaired) electrons. The maximum absolute atomic E-state index is 12.1. The molecule has 0 saturated carbocycles. The highest BCUT2D eigenvalue weighted by Gasteiger charge is 2.32. The molecular formula is C20H19Br2ClN2O2S2. The molecule has 1 amide bonds. The molecule has 4 nitrogen and oxygen atoms in total. The van der Waals surface area contributed by atoms with Crippen LogP contribution in [0.5, 0.6) is 5.75 Å². The van der Waals surface area contributed by atoms with E-state index in [9.17, 15) is 4.79 Å². The highest BCUT2D eigenvalue weighted by Crippen LogP contribution is 2.45. The first-order chi connectivity index (χ1) is 13.9. The zero-order valence-electron chi connectivity index (χ0n) is 15.6. The van der Waals surface area contributed by atoms with Crippen molar-refractivity contribution in [3.05, 3.63) is 61.5 Å². The molecule has 1 fully saturated rings. The van der Waals surface area contributed by atoms with Crippen LogP contribution in [0.15, 0.2) is 50.4 Å². The number of amides is 1. The van der Waals surface area contributed by atoms with Crippen LogP contribution in [-0.2, 0) is 11.4 Å². The molecule has 1 aliphatic heterocycles. The Morgan fingerprint density at radius 3 is 2.59 bits per heavy atom. The molecule has 9 heteroatoms. The minimum Gasteiger partial charge on any atom is -0.486 e. The number of carbonyl (C=O) groups is 1. The van der Waals surface area contributed by atoms with Gasteiger partial charge in [0, 0.05) is 22.1 Å². The Bertz CT molecular complexity index is 898. The number of hydrogen-bond donors (Lipinski definition) is 1. The quantitative estimate of drug-likeness (QED) is 0.302. The predicted molar refractivity (Wildman–Crippen MR) is 131 cm³/mol. The molecule has 0 aromatic heterocycles. The second-order valence-corrected chi connectivity index (χ2v) is 12.1. The van der Waals surface area contributed by atoms with Crippen molar-refractivity contribution in [2.75, 3.05) is 11.5 Å². The molecule has 0 atom stereocenters. The van der Waals surface area contributed by atoms with Gasteiger partial charge in [-0.05, 0) is 62.5 Å². The van der Waals surface area contributed by atoms with Crippen LogP contribution in [0.1, 0.15) is 24.5 Å². The summed E-state index contributed by atoms with van der Waals surface area (Å²) in [5, 5.41) is 4.76. The molecule has 2 aromatic carbocycles. The number of hydrazone groups is 1. The fraction of sp³-hybridized carbons (Fsp3) is 0.300. The lowest BCUT2D eigenvalue weighted by Gasteiger charge is -2.19. The first kappa shape index (κ1) is 23.0. The van der Waals surface area contributed by atoms with Crippen LogP contribution in [0.3, 0.4) is 0 Å². The lowest BCUT2D eigenvalue weighted by atomic mass is 10.2. The molecule has 0 unspecified atom stereocenters. The second-order valence-electron chi connectivity index (χ2n) is 6.49. The summed E-state index contributed by atoms with van der Waals surface area (Å²) in [6.07, 6.45) is 2.06. The third kappa shape index (κ3) is 6.66. The Labute approximate surface area is 200 Å². The summed E-state index contributed by atoms with van der Waals surface area (Å²) in [7, 11) is 0. The molecule has 1 aliphatic rings. The predicted octanol–water partition coefficient (Wildman–Crippen LogP) is 6.48. The third-order valence-electron chi connectivity index (χ3n) is 4.13.